The molecular weight excluding hydrogens is 576 g/mol. The first-order valence-corrected chi connectivity index (χ1v) is 20.3. The standard InChI is InChI=1S/C43H80N2O2/c1-5-7-9-11-13-15-17-19-21-23-25-27-29-31-33-35-40-45(43(46)47-42-38-37-39-44(3)4)41-36-34-32-30-28-26-24-22-20-18-16-14-12-10-8-6-2/h13-16,19-22H,5-12,17-18,23-42H2,1-4H3. The predicted molar refractivity (Wildman–Crippen MR) is 209 cm³/mol. The summed E-state index contributed by atoms with van der Waals surface area (Å²) in [4.78, 5) is 17.1. The fourth-order valence-electron chi connectivity index (χ4n) is 5.66. The molecule has 0 radical (unpaired) electrons. The highest BCUT2D eigenvalue weighted by molar-refractivity contribution is 5.67. The number of unbranched alkanes of at least 4 members (excludes halogenated alkanes) is 19. The van der Waals surface area contributed by atoms with Gasteiger partial charge in [-0.25, -0.2) is 4.79 Å². The summed E-state index contributed by atoms with van der Waals surface area (Å²) in [6, 6.07) is 0. The lowest BCUT2D eigenvalue weighted by Crippen LogP contribution is -2.33. The molecule has 0 unspecified atom stereocenters. The number of allylic oxidation sites excluding steroid dienone is 8. The van der Waals surface area contributed by atoms with Crippen molar-refractivity contribution in [2.75, 3.05) is 40.3 Å². The van der Waals surface area contributed by atoms with Gasteiger partial charge in [0.15, 0.2) is 0 Å². The number of rotatable bonds is 35. The molecule has 0 aliphatic rings. The van der Waals surface area contributed by atoms with E-state index >= 15 is 0 Å². The van der Waals surface area contributed by atoms with Crippen molar-refractivity contribution in [1.29, 1.82) is 0 Å². The van der Waals surface area contributed by atoms with Gasteiger partial charge in [-0.05, 0) is 111 Å². The van der Waals surface area contributed by atoms with Gasteiger partial charge in [0.05, 0.1) is 6.61 Å². The first-order chi connectivity index (χ1) is 23.1. The molecule has 0 rings (SSSR count). The Morgan fingerprint density at radius 3 is 1.21 bits per heavy atom. The van der Waals surface area contributed by atoms with Crippen LogP contribution in [0.15, 0.2) is 48.6 Å². The van der Waals surface area contributed by atoms with E-state index in [2.05, 4.69) is 81.5 Å². The molecule has 0 fully saturated rings. The third-order valence-electron chi connectivity index (χ3n) is 8.74. The maximum atomic E-state index is 12.9. The number of hydrogen-bond acceptors (Lipinski definition) is 3. The van der Waals surface area contributed by atoms with Crippen LogP contribution in [0, 0.1) is 0 Å². The van der Waals surface area contributed by atoms with Gasteiger partial charge < -0.3 is 14.5 Å². The minimum absolute atomic E-state index is 0.0972. The molecule has 0 saturated carbocycles. The van der Waals surface area contributed by atoms with Crippen molar-refractivity contribution >= 4 is 6.09 Å². The molecule has 0 saturated heterocycles. The zero-order valence-corrected chi connectivity index (χ0v) is 32.0. The summed E-state index contributed by atoms with van der Waals surface area (Å²) in [5.41, 5.74) is 0. The monoisotopic (exact) mass is 657 g/mol. The van der Waals surface area contributed by atoms with Crippen molar-refractivity contribution in [2.45, 2.75) is 181 Å². The van der Waals surface area contributed by atoms with Gasteiger partial charge in [-0.3, -0.25) is 0 Å². The van der Waals surface area contributed by atoms with Crippen LogP contribution < -0.4 is 0 Å². The van der Waals surface area contributed by atoms with Crippen LogP contribution in [0.1, 0.15) is 181 Å². The Bertz CT molecular complexity index is 707. The summed E-state index contributed by atoms with van der Waals surface area (Å²) in [5.74, 6) is 0. The van der Waals surface area contributed by atoms with Crippen molar-refractivity contribution in [3.63, 3.8) is 0 Å². The van der Waals surface area contributed by atoms with E-state index in [0.717, 1.165) is 58.2 Å². The van der Waals surface area contributed by atoms with Crippen LogP contribution in [-0.2, 0) is 4.74 Å². The second-order valence-electron chi connectivity index (χ2n) is 13.8. The first-order valence-electron chi connectivity index (χ1n) is 20.3. The highest BCUT2D eigenvalue weighted by Crippen LogP contribution is 2.12. The number of ether oxygens (including phenoxy) is 1. The molecule has 47 heavy (non-hydrogen) atoms. The fraction of sp³-hybridized carbons (Fsp3) is 0.791. The molecule has 1 amide bonds. The topological polar surface area (TPSA) is 32.8 Å². The largest absolute Gasteiger partial charge is 0.449 e. The number of carbonyl (C=O) groups excluding carboxylic acids is 1. The van der Waals surface area contributed by atoms with Gasteiger partial charge in [0.25, 0.3) is 0 Å². The number of nitrogens with zero attached hydrogens (tertiary/aromatic N) is 2. The van der Waals surface area contributed by atoms with Gasteiger partial charge in [0, 0.05) is 13.1 Å². The van der Waals surface area contributed by atoms with Crippen molar-refractivity contribution in [2.24, 2.45) is 0 Å². The van der Waals surface area contributed by atoms with Gasteiger partial charge in [-0.15, -0.1) is 0 Å². The van der Waals surface area contributed by atoms with Crippen LogP contribution in [0.4, 0.5) is 4.79 Å². The molecule has 274 valence electrons. The minimum Gasteiger partial charge on any atom is -0.449 e. The molecule has 4 nitrogen and oxygen atoms in total. The average molecular weight is 657 g/mol. The third kappa shape index (κ3) is 36.9. The molecule has 0 aliphatic heterocycles. The average Bonchev–Trinajstić information content (AvgIpc) is 3.06. The molecular formula is C43H80N2O2. The second-order valence-corrected chi connectivity index (χ2v) is 13.8. The number of amides is 1. The van der Waals surface area contributed by atoms with Crippen molar-refractivity contribution < 1.29 is 9.53 Å². The molecule has 4 heteroatoms. The lowest BCUT2D eigenvalue weighted by Gasteiger charge is -2.22. The smallest absolute Gasteiger partial charge is 0.409 e. The lowest BCUT2D eigenvalue weighted by atomic mass is 10.1. The van der Waals surface area contributed by atoms with E-state index in [1.165, 1.54) is 128 Å². The normalized spacial score (nSPS) is 12.2. The van der Waals surface area contributed by atoms with E-state index in [0.29, 0.717) is 6.61 Å². The van der Waals surface area contributed by atoms with E-state index in [-0.39, 0.29) is 6.09 Å². The Morgan fingerprint density at radius 2 is 0.809 bits per heavy atom. The molecule has 0 aromatic heterocycles. The van der Waals surface area contributed by atoms with Gasteiger partial charge in [-0.1, -0.05) is 140 Å². The molecule has 0 aliphatic carbocycles. The molecule has 0 bridgehead atoms. The Kier molecular flexibility index (Phi) is 37.1. The maximum Gasteiger partial charge on any atom is 0.409 e. The van der Waals surface area contributed by atoms with Crippen LogP contribution in [0.5, 0.6) is 0 Å². The molecule has 0 heterocycles. The molecule has 0 aromatic rings. The number of carbonyl (C=O) groups is 1. The van der Waals surface area contributed by atoms with Gasteiger partial charge in [0.2, 0.25) is 0 Å². The summed E-state index contributed by atoms with van der Waals surface area (Å²) in [6.07, 6.45) is 50.4. The summed E-state index contributed by atoms with van der Waals surface area (Å²) in [5, 5.41) is 0. The maximum absolute atomic E-state index is 12.9. The quantitative estimate of drug-likeness (QED) is 0.0503. The SMILES string of the molecule is CCCCCC=CCC=CCCCCCCCCN(CCCCCCCCC=CCC=CCCCCC)C(=O)OCCCCN(C)C. The molecule has 0 aromatic carbocycles. The van der Waals surface area contributed by atoms with E-state index in [1.807, 2.05) is 4.90 Å². The molecule has 0 spiro atoms. The van der Waals surface area contributed by atoms with Crippen molar-refractivity contribution in [1.82, 2.24) is 9.80 Å². The summed E-state index contributed by atoms with van der Waals surface area (Å²) in [6.45, 7) is 7.78. The third-order valence-corrected chi connectivity index (χ3v) is 8.74. The van der Waals surface area contributed by atoms with Gasteiger partial charge in [-0.2, -0.15) is 0 Å². The van der Waals surface area contributed by atoms with Crippen LogP contribution in [0.3, 0.4) is 0 Å². The Morgan fingerprint density at radius 1 is 0.447 bits per heavy atom. The fourth-order valence-corrected chi connectivity index (χ4v) is 5.66. The summed E-state index contributed by atoms with van der Waals surface area (Å²) < 4.78 is 5.69. The van der Waals surface area contributed by atoms with Crippen LogP contribution >= 0.6 is 0 Å². The van der Waals surface area contributed by atoms with Gasteiger partial charge >= 0.3 is 6.09 Å². The van der Waals surface area contributed by atoms with E-state index < -0.39 is 0 Å². The second kappa shape index (κ2) is 38.6. The highest BCUT2D eigenvalue weighted by atomic mass is 16.6. The summed E-state index contributed by atoms with van der Waals surface area (Å²) >= 11 is 0. The Labute approximate surface area is 294 Å². The Balaban J connectivity index is 4.07. The predicted octanol–water partition coefficient (Wildman–Crippen LogP) is 13.4. The Hall–Kier alpha value is -1.81. The van der Waals surface area contributed by atoms with Crippen LogP contribution in [-0.4, -0.2) is 56.2 Å². The number of hydrogen-bond donors (Lipinski definition) is 0. The molecule has 0 atom stereocenters. The minimum atomic E-state index is -0.0972. The van der Waals surface area contributed by atoms with Crippen molar-refractivity contribution in [3.05, 3.63) is 48.6 Å². The zero-order valence-electron chi connectivity index (χ0n) is 32.0. The van der Waals surface area contributed by atoms with Gasteiger partial charge in [0.1, 0.15) is 0 Å². The van der Waals surface area contributed by atoms with Crippen LogP contribution in [0.25, 0.3) is 0 Å². The lowest BCUT2D eigenvalue weighted by molar-refractivity contribution is 0.0986. The van der Waals surface area contributed by atoms with Crippen LogP contribution in [0.2, 0.25) is 0 Å². The summed E-state index contributed by atoms with van der Waals surface area (Å²) in [7, 11) is 4.18. The highest BCUT2D eigenvalue weighted by Gasteiger charge is 2.14. The zero-order chi connectivity index (χ0) is 34.3. The molecule has 0 N–H and O–H groups in total. The van der Waals surface area contributed by atoms with Crippen molar-refractivity contribution in [3.8, 4) is 0 Å². The van der Waals surface area contributed by atoms with E-state index in [9.17, 15) is 4.79 Å². The van der Waals surface area contributed by atoms with E-state index in [4.69, 9.17) is 4.74 Å². The first kappa shape index (κ1) is 45.2. The van der Waals surface area contributed by atoms with E-state index in [1.54, 1.807) is 0 Å².